The van der Waals surface area contributed by atoms with E-state index in [-0.39, 0.29) is 30.1 Å². The molecule has 1 fully saturated rings. The Morgan fingerprint density at radius 2 is 1.95 bits per heavy atom. The molecule has 0 bridgehead atoms. The van der Waals surface area contributed by atoms with Crippen molar-refractivity contribution in [2.45, 2.75) is 26.4 Å². The van der Waals surface area contributed by atoms with Crippen molar-refractivity contribution in [3.05, 3.63) is 84.1 Å². The van der Waals surface area contributed by atoms with Gasteiger partial charge in [0.05, 0.1) is 42.5 Å². The summed E-state index contributed by atoms with van der Waals surface area (Å²) in [5.74, 6) is 0.0593. The highest BCUT2D eigenvalue weighted by Gasteiger charge is 2.23. The van der Waals surface area contributed by atoms with E-state index in [1.807, 2.05) is 67.3 Å². The third-order valence-electron chi connectivity index (χ3n) is 6.23. The summed E-state index contributed by atoms with van der Waals surface area (Å²) in [4.78, 5) is 14.7. The molecular formula is C28H28FN7O2. The first kappa shape index (κ1) is 25.2. The highest BCUT2D eigenvalue weighted by Crippen LogP contribution is 2.27. The lowest BCUT2D eigenvalue weighted by Crippen LogP contribution is -2.44. The zero-order valence-corrected chi connectivity index (χ0v) is 21.2. The summed E-state index contributed by atoms with van der Waals surface area (Å²) in [5, 5.41) is 21.4. The third kappa shape index (κ3) is 5.92. The Hall–Kier alpha value is -4.44. The van der Waals surface area contributed by atoms with E-state index >= 15 is 0 Å². The molecule has 0 aliphatic carbocycles. The first-order valence-corrected chi connectivity index (χ1v) is 12.3. The second-order valence-corrected chi connectivity index (χ2v) is 9.05. The zero-order valence-electron chi connectivity index (χ0n) is 21.2. The molecule has 10 heteroatoms. The largest absolute Gasteiger partial charge is 0.508 e. The number of phenolic OH excluding ortho intramolecular Hbond substituents is 1. The molecule has 1 aliphatic heterocycles. The van der Waals surface area contributed by atoms with E-state index in [1.54, 1.807) is 12.1 Å². The summed E-state index contributed by atoms with van der Waals surface area (Å²) in [6.07, 6.45) is 1.12. The number of aryl methyl sites for hydroxylation is 1. The molecule has 1 aliphatic rings. The Bertz CT molecular complexity index is 1450. The molecular weight excluding hydrogens is 485 g/mol. The Morgan fingerprint density at radius 3 is 2.71 bits per heavy atom. The van der Waals surface area contributed by atoms with Crippen molar-refractivity contribution < 1.29 is 14.2 Å². The molecule has 2 N–H and O–H groups in total. The third-order valence-corrected chi connectivity index (χ3v) is 6.23. The van der Waals surface area contributed by atoms with Gasteiger partial charge in [-0.15, -0.1) is 5.11 Å². The summed E-state index contributed by atoms with van der Waals surface area (Å²) < 4.78 is 19.8. The van der Waals surface area contributed by atoms with Crippen molar-refractivity contribution in [2.75, 3.05) is 30.0 Å². The van der Waals surface area contributed by atoms with Gasteiger partial charge in [0.2, 0.25) is 0 Å². The summed E-state index contributed by atoms with van der Waals surface area (Å²) in [6.45, 7) is 5.70. The molecule has 38 heavy (non-hydrogen) atoms. The molecule has 0 saturated carbocycles. The van der Waals surface area contributed by atoms with Crippen LogP contribution in [0.3, 0.4) is 0 Å². The van der Waals surface area contributed by atoms with Gasteiger partial charge in [-0.2, -0.15) is 10.1 Å². The fraction of sp³-hybridized carbons (Fsp3) is 0.250. The molecule has 4 aromatic rings. The fourth-order valence-electron chi connectivity index (χ4n) is 4.23. The number of rotatable bonds is 7. The van der Waals surface area contributed by atoms with E-state index < -0.39 is 5.82 Å². The minimum absolute atomic E-state index is 0.00788. The van der Waals surface area contributed by atoms with Gasteiger partial charge >= 0.3 is 0 Å². The molecule has 194 valence electrons. The van der Waals surface area contributed by atoms with Crippen molar-refractivity contribution >= 4 is 23.1 Å². The highest BCUT2D eigenvalue weighted by atomic mass is 19.1. The second kappa shape index (κ2) is 11.3. The van der Waals surface area contributed by atoms with Crippen molar-refractivity contribution in [3.8, 4) is 16.9 Å². The zero-order chi connectivity index (χ0) is 26.5. The van der Waals surface area contributed by atoms with Crippen molar-refractivity contribution in [1.29, 1.82) is 0 Å². The van der Waals surface area contributed by atoms with Gasteiger partial charge in [-0.25, -0.2) is 9.37 Å². The van der Waals surface area contributed by atoms with Crippen LogP contribution in [0.4, 0.5) is 27.5 Å². The summed E-state index contributed by atoms with van der Waals surface area (Å²) >= 11 is 0. The lowest BCUT2D eigenvalue weighted by atomic mass is 10.1. The van der Waals surface area contributed by atoms with Gasteiger partial charge < -0.3 is 20.1 Å². The van der Waals surface area contributed by atoms with E-state index in [0.29, 0.717) is 19.8 Å². The predicted molar refractivity (Wildman–Crippen MR) is 144 cm³/mol. The molecule has 0 radical (unpaired) electrons. The van der Waals surface area contributed by atoms with Crippen molar-refractivity contribution in [3.63, 3.8) is 0 Å². The van der Waals surface area contributed by atoms with Crippen molar-refractivity contribution in [1.82, 2.24) is 15.0 Å². The van der Waals surface area contributed by atoms with E-state index in [0.717, 1.165) is 40.1 Å². The minimum atomic E-state index is -0.493. The maximum atomic E-state index is 14.4. The Labute approximate surface area is 220 Å². The first-order chi connectivity index (χ1) is 18.5. The van der Waals surface area contributed by atoms with E-state index in [2.05, 4.69) is 30.5 Å². The number of aromatic nitrogens is 3. The van der Waals surface area contributed by atoms with Gasteiger partial charge in [0.15, 0.2) is 11.6 Å². The van der Waals surface area contributed by atoms with Gasteiger partial charge in [0, 0.05) is 12.2 Å². The van der Waals surface area contributed by atoms with Gasteiger partial charge in [0.25, 0.3) is 5.95 Å². The number of anilines is 3. The molecule has 1 saturated heterocycles. The van der Waals surface area contributed by atoms with Gasteiger partial charge in [0.1, 0.15) is 12.3 Å². The lowest BCUT2D eigenvalue weighted by Gasteiger charge is -2.34. The molecule has 5 rings (SSSR count). The van der Waals surface area contributed by atoms with Gasteiger partial charge in [-0.1, -0.05) is 24.3 Å². The molecule has 9 nitrogen and oxygen atoms in total. The average Bonchev–Trinajstić information content (AvgIpc) is 2.92. The number of pyridine rings is 1. The number of halogens is 1. The lowest BCUT2D eigenvalue weighted by molar-refractivity contribution is 0.0981. The topological polar surface area (TPSA) is 108 Å². The average molecular weight is 514 g/mol. The maximum absolute atomic E-state index is 14.4. The van der Waals surface area contributed by atoms with E-state index in [4.69, 9.17) is 4.74 Å². The normalized spacial score (nSPS) is 15.7. The van der Waals surface area contributed by atoms with Crippen LogP contribution in [0, 0.1) is 12.7 Å². The van der Waals surface area contributed by atoms with E-state index in [9.17, 15) is 9.50 Å². The monoisotopic (exact) mass is 513 g/mol. The molecule has 2 aromatic heterocycles. The molecule has 3 heterocycles. The van der Waals surface area contributed by atoms with Crippen LogP contribution in [-0.4, -0.2) is 45.9 Å². The van der Waals surface area contributed by atoms with Crippen LogP contribution in [0.15, 0.2) is 77.1 Å². The number of hydrogen-bond acceptors (Lipinski definition) is 9. The highest BCUT2D eigenvalue weighted by molar-refractivity contribution is 5.69. The standard InChI is InChI=1S/C28H28FN7O2/c1-18-17-38-13-12-36(18)27-25(29)16-30-28(34-27)35-31-15-23-10-11-26(19(2)32-23)33-22-8-6-20(7-9-22)21-4-3-5-24(37)14-21/h3-11,14,16,18,33,37H,12-13,15,17H2,1-2H3. The summed E-state index contributed by atoms with van der Waals surface area (Å²) in [5.41, 5.74) is 5.31. The molecule has 2 aromatic carbocycles. The van der Waals surface area contributed by atoms with Crippen molar-refractivity contribution in [2.24, 2.45) is 10.2 Å². The Balaban J connectivity index is 1.22. The fourth-order valence-corrected chi connectivity index (χ4v) is 4.23. The number of hydrogen-bond donors (Lipinski definition) is 2. The number of nitrogens with one attached hydrogen (secondary N) is 1. The minimum Gasteiger partial charge on any atom is -0.508 e. The summed E-state index contributed by atoms with van der Waals surface area (Å²) in [6, 6.07) is 19.0. The maximum Gasteiger partial charge on any atom is 0.270 e. The number of azo groups is 1. The number of nitrogens with zero attached hydrogens (tertiary/aromatic N) is 6. The quantitative estimate of drug-likeness (QED) is 0.294. The van der Waals surface area contributed by atoms with Crippen LogP contribution in [-0.2, 0) is 11.3 Å². The van der Waals surface area contributed by atoms with Crippen LogP contribution in [0.2, 0.25) is 0 Å². The van der Waals surface area contributed by atoms with Crippen LogP contribution in [0.5, 0.6) is 5.75 Å². The Kier molecular flexibility index (Phi) is 7.50. The smallest absolute Gasteiger partial charge is 0.270 e. The number of morpholine rings is 1. The number of benzene rings is 2. The van der Waals surface area contributed by atoms with Gasteiger partial charge in [-0.05, 0) is 61.4 Å². The number of ether oxygens (including phenoxy) is 1. The number of aromatic hydroxyl groups is 1. The SMILES string of the molecule is Cc1nc(CN=Nc2ncc(F)c(N3CCOCC3C)n2)ccc1Nc1ccc(-c2cccc(O)c2)cc1. The summed E-state index contributed by atoms with van der Waals surface area (Å²) in [7, 11) is 0. The Morgan fingerprint density at radius 1 is 1.11 bits per heavy atom. The molecule has 1 atom stereocenters. The number of phenols is 1. The van der Waals surface area contributed by atoms with Crippen LogP contribution in [0.1, 0.15) is 18.3 Å². The molecule has 0 amide bonds. The van der Waals surface area contributed by atoms with Gasteiger partial charge in [-0.3, -0.25) is 4.98 Å². The van der Waals surface area contributed by atoms with Crippen LogP contribution in [0.25, 0.3) is 11.1 Å². The second-order valence-electron chi connectivity index (χ2n) is 9.05. The van der Waals surface area contributed by atoms with E-state index in [1.165, 1.54) is 0 Å². The molecule has 1 unspecified atom stereocenters. The first-order valence-electron chi connectivity index (χ1n) is 12.3. The molecule has 0 spiro atoms. The predicted octanol–water partition coefficient (Wildman–Crippen LogP) is 5.94. The van der Waals surface area contributed by atoms with Crippen LogP contribution < -0.4 is 10.2 Å². The van der Waals surface area contributed by atoms with Crippen LogP contribution >= 0.6 is 0 Å².